The number of hydrogen-bond acceptors (Lipinski definition) is 13. The molecule has 0 spiro atoms. The maximum Gasteiger partial charge on any atom is 0.170 e. The number of imidazole rings is 2. The molecular formula is C101H78Ir5N18O2S-10. The van der Waals surface area contributed by atoms with Crippen molar-refractivity contribution in [1.82, 2.24) is 83.0 Å². The molecule has 0 N–H and O–H groups in total. The van der Waals surface area contributed by atoms with Crippen molar-refractivity contribution < 1.29 is 109 Å². The Morgan fingerprint density at radius 1 is 0.378 bits per heavy atom. The van der Waals surface area contributed by atoms with Gasteiger partial charge in [0.15, 0.2) is 6.39 Å². The van der Waals surface area contributed by atoms with Crippen LogP contribution in [-0.2, 0) is 115 Å². The minimum Gasteiger partial charge on any atom is -0.489 e. The predicted molar refractivity (Wildman–Crippen MR) is 476 cm³/mol. The quantitative estimate of drug-likeness (QED) is 0.111. The van der Waals surface area contributed by atoms with Crippen molar-refractivity contribution >= 4 is 17.0 Å². The number of oxazole rings is 2. The van der Waals surface area contributed by atoms with Gasteiger partial charge in [-0.05, 0) is 89.8 Å². The number of aryl methyl sites for hydroxylation is 4. The third-order valence-corrected chi connectivity index (χ3v) is 17.4. The number of rotatable bonds is 11. The topological polar surface area (TPSA) is 194 Å². The van der Waals surface area contributed by atoms with E-state index in [9.17, 15) is 0 Å². The van der Waals surface area contributed by atoms with Crippen LogP contribution in [-0.4, -0.2) is 83.0 Å². The van der Waals surface area contributed by atoms with E-state index in [4.69, 9.17) is 15.4 Å². The number of thiazole rings is 1. The molecule has 10 aromatic heterocycles. The fourth-order valence-corrected chi connectivity index (χ4v) is 11.6. The summed E-state index contributed by atoms with van der Waals surface area (Å²) in [7, 11) is 3.93. The maximum atomic E-state index is 6.85. The Labute approximate surface area is 811 Å². The molecule has 21 aromatic rings. The zero-order valence-electron chi connectivity index (χ0n) is 68.5. The van der Waals surface area contributed by atoms with E-state index in [0.717, 1.165) is 90.5 Å². The van der Waals surface area contributed by atoms with Crippen LogP contribution in [0.2, 0.25) is 0 Å². The molecule has 21 rings (SSSR count). The Hall–Kier alpha value is -13.3. The molecule has 0 aliphatic rings. The summed E-state index contributed by atoms with van der Waals surface area (Å²) in [6.07, 6.45) is 28.2. The number of hydrogen-bond donors (Lipinski definition) is 0. The monoisotopic (exact) mass is 2570 g/mol. The van der Waals surface area contributed by atoms with Gasteiger partial charge in [0, 0.05) is 194 Å². The molecule has 0 saturated heterocycles. The minimum atomic E-state index is 0. The molecule has 20 nitrogen and oxygen atoms in total. The molecule has 0 aliphatic carbocycles. The van der Waals surface area contributed by atoms with Crippen LogP contribution in [0.1, 0.15) is 11.4 Å². The van der Waals surface area contributed by atoms with Gasteiger partial charge in [-0.25, -0.2) is 0 Å². The van der Waals surface area contributed by atoms with E-state index in [1.165, 1.54) is 17.5 Å². The van der Waals surface area contributed by atoms with Crippen LogP contribution in [0, 0.1) is 81.1 Å². The molecule has 127 heavy (non-hydrogen) atoms. The standard InChI is InChI=1S/C15H11N2.C11H11N2.C10H6N3.2C10H9N2.2C9H7N2.2C9H6NO.C9H6NS.5Ir/c1-2-6-13(7-3-1)14-8-4-9-15(12-14)17-11-5-10-16-17;1-9-8-10(2)13(12-9)11-6-4-3-5-7-11;1-11-9-4-2-5-10(8-9)13-7-3-6-12-13;1-12-7-10(11-8-12)9-5-3-2-4-6-9;1-12-8-7-11-10(12)9-5-3-2-4-6-9;2*1-2-5-9(6-3-1)11-8-4-7-10-11;1-2-4-8(5-3-1)9-6-11-7-10-9;1-2-4-8(5-3-1)9-10-6-7-11-9;1-2-4-8(5-3-1)9-6-11-7-10-9;;;;;/h1-8,10-12H;3-6,8H,1-2H3;2-4,6-8H;2*2-5,7-8H,1H3;2*1-5,7-8H;3*1-4,6-7H;;;;;/q10*-1;;;;;. The first-order valence-corrected chi connectivity index (χ1v) is 39.0. The molecule has 645 valence electrons. The molecule has 10 heterocycles. The Bertz CT molecular complexity index is 5940. The number of benzene rings is 11. The smallest absolute Gasteiger partial charge is 0.170 e. The van der Waals surface area contributed by atoms with Gasteiger partial charge < -0.3 is 18.0 Å². The van der Waals surface area contributed by atoms with Crippen LogP contribution >= 0.6 is 11.3 Å². The number of para-hydroxylation sites is 3. The first kappa shape index (κ1) is 101. The van der Waals surface area contributed by atoms with Crippen molar-refractivity contribution in [2.75, 3.05) is 0 Å². The zero-order chi connectivity index (χ0) is 84.2. The van der Waals surface area contributed by atoms with E-state index in [1.54, 1.807) is 99.6 Å². The first-order valence-electron chi connectivity index (χ1n) is 38.0. The second-order valence-corrected chi connectivity index (χ2v) is 26.2. The second-order valence-electron chi connectivity index (χ2n) is 25.5. The summed E-state index contributed by atoms with van der Waals surface area (Å²) in [5.41, 5.74) is 19.5. The van der Waals surface area contributed by atoms with Gasteiger partial charge in [0.1, 0.15) is 5.89 Å². The fraction of sp³-hybridized carbons (Fsp3) is 0.0396. The van der Waals surface area contributed by atoms with Crippen molar-refractivity contribution in [3.63, 3.8) is 0 Å². The zero-order valence-corrected chi connectivity index (χ0v) is 81.3. The van der Waals surface area contributed by atoms with Gasteiger partial charge in [0.2, 0.25) is 0 Å². The summed E-state index contributed by atoms with van der Waals surface area (Å²) >= 11 is 1.60. The number of nitrogens with zero attached hydrogens (tertiary/aromatic N) is 18. The summed E-state index contributed by atoms with van der Waals surface area (Å²) in [6, 6.07) is 124. The first-order chi connectivity index (χ1) is 60.2. The van der Waals surface area contributed by atoms with Crippen LogP contribution in [0.15, 0.2) is 411 Å². The molecule has 0 saturated carbocycles. The van der Waals surface area contributed by atoms with E-state index in [1.807, 2.05) is 337 Å². The van der Waals surface area contributed by atoms with Gasteiger partial charge in [-0.2, -0.15) is 135 Å². The van der Waals surface area contributed by atoms with Gasteiger partial charge in [0.25, 0.3) is 0 Å². The maximum absolute atomic E-state index is 6.85. The third kappa shape index (κ3) is 32.9. The molecule has 0 atom stereocenters. The van der Waals surface area contributed by atoms with E-state index >= 15 is 0 Å². The SMILES string of the molecule is Cc1cc(C)n(-c2[c-]cccc2)n1.Cn1ccnc1-c1[c-]cccc1.Cn1cnc(-c2[c-]cccc2)c1.[C-]#[N+]c1cc[c-]c(-n2cccn2)c1.[Ir].[Ir].[Ir].[Ir].[Ir].[c-]1ccc(-c2ccccc2)cc1-n1cccn1.[c-]1ccccc1-c1cocn1.[c-]1ccccc1-c1cscn1.[c-]1ccccc1-c1ncco1.[c-]1ccccc1-n1cccn1.[c-]1ccccc1-n1cccn1. The average Bonchev–Trinajstić information content (AvgIpc) is 1.75. The van der Waals surface area contributed by atoms with Crippen molar-refractivity contribution in [1.29, 1.82) is 0 Å². The summed E-state index contributed by atoms with van der Waals surface area (Å²) in [6.45, 7) is 10.9. The van der Waals surface area contributed by atoms with Crippen LogP contribution in [0.4, 0.5) is 5.69 Å². The summed E-state index contributed by atoms with van der Waals surface area (Å²) in [4.78, 5) is 23.9. The van der Waals surface area contributed by atoms with Crippen LogP contribution in [0.5, 0.6) is 0 Å². The van der Waals surface area contributed by atoms with Crippen molar-refractivity contribution in [3.05, 3.63) is 485 Å². The van der Waals surface area contributed by atoms with Gasteiger partial charge in [-0.15, -0.1) is 221 Å². The van der Waals surface area contributed by atoms with E-state index in [-0.39, 0.29) is 101 Å². The van der Waals surface area contributed by atoms with Crippen molar-refractivity contribution in [3.8, 4) is 96.2 Å². The van der Waals surface area contributed by atoms with Crippen LogP contribution in [0.25, 0.3) is 101 Å². The molecule has 0 amide bonds. The molecular weight excluding hydrogens is 2490 g/mol. The van der Waals surface area contributed by atoms with Crippen molar-refractivity contribution in [2.45, 2.75) is 13.8 Å². The Morgan fingerprint density at radius 2 is 0.843 bits per heavy atom. The van der Waals surface area contributed by atoms with Crippen LogP contribution < -0.4 is 0 Å². The van der Waals surface area contributed by atoms with E-state index < -0.39 is 0 Å². The second kappa shape index (κ2) is 56.5. The van der Waals surface area contributed by atoms with Crippen molar-refractivity contribution in [2.24, 2.45) is 14.1 Å². The normalized spacial score (nSPS) is 9.57. The van der Waals surface area contributed by atoms with E-state index in [2.05, 4.69) is 146 Å². The van der Waals surface area contributed by atoms with Gasteiger partial charge >= 0.3 is 0 Å². The molecule has 0 bridgehead atoms. The molecule has 5 radical (unpaired) electrons. The van der Waals surface area contributed by atoms with Crippen LogP contribution in [0.3, 0.4) is 0 Å². The predicted octanol–water partition coefficient (Wildman–Crippen LogP) is 21.9. The molecule has 11 aromatic carbocycles. The third-order valence-electron chi connectivity index (χ3n) is 16.8. The van der Waals surface area contributed by atoms with Gasteiger partial charge in [-0.1, -0.05) is 41.6 Å². The average molecular weight is 2570 g/mol. The molecule has 0 aliphatic heterocycles. The minimum absolute atomic E-state index is 0. The number of aromatic nitrogens is 17. The van der Waals surface area contributed by atoms with Gasteiger partial charge in [-0.3, -0.25) is 53.2 Å². The van der Waals surface area contributed by atoms with E-state index in [0.29, 0.717) is 11.6 Å². The molecule has 0 unspecified atom stereocenters. The van der Waals surface area contributed by atoms with Gasteiger partial charge in [0.05, 0.1) is 54.3 Å². The molecule has 0 fully saturated rings. The Morgan fingerprint density at radius 3 is 1.25 bits per heavy atom. The Balaban J connectivity index is 0.000000193. The fourth-order valence-electron chi connectivity index (χ4n) is 11.1. The largest absolute Gasteiger partial charge is 0.489 e. The summed E-state index contributed by atoms with van der Waals surface area (Å²) in [5, 5.41) is 22.8. The Kier molecular flexibility index (Phi) is 44.8. The summed E-state index contributed by atoms with van der Waals surface area (Å²) in [5.74, 6) is 1.57. The molecule has 26 heteroatoms. The summed E-state index contributed by atoms with van der Waals surface area (Å²) < 4.78 is 22.8.